The van der Waals surface area contributed by atoms with Crippen molar-refractivity contribution < 1.29 is 23.8 Å². The molecule has 5 heteroatoms. The molecule has 0 heterocycles. The van der Waals surface area contributed by atoms with Crippen LogP contribution in [-0.2, 0) is 14.2 Å². The van der Waals surface area contributed by atoms with Gasteiger partial charge in [0.2, 0.25) is 0 Å². The van der Waals surface area contributed by atoms with E-state index < -0.39 is 6.10 Å². The number of rotatable bonds is 8. The first-order valence-electron chi connectivity index (χ1n) is 8.99. The Kier molecular flexibility index (Phi) is 7.55. The van der Waals surface area contributed by atoms with Crippen LogP contribution in [0.25, 0.3) is 0 Å². The Balaban J connectivity index is 1.74. The molecule has 0 fully saturated rings. The maximum absolute atomic E-state index is 12.2. The van der Waals surface area contributed by atoms with Crippen LogP contribution in [0.2, 0.25) is 0 Å². The summed E-state index contributed by atoms with van der Waals surface area (Å²) in [7, 11) is 0. The van der Waals surface area contributed by atoms with Gasteiger partial charge in [0, 0.05) is 0 Å². The lowest BCUT2D eigenvalue weighted by molar-refractivity contribution is -0.0380. The molecule has 0 spiro atoms. The Bertz CT molecular complexity index is 784. The molecule has 5 nitrogen and oxygen atoms in total. The molecular weight excluding hydrogens is 344 g/mol. The van der Waals surface area contributed by atoms with Crippen LogP contribution in [-0.4, -0.2) is 37.4 Å². The highest BCUT2D eigenvalue weighted by molar-refractivity contribution is 5.91. The first-order chi connectivity index (χ1) is 12.9. The second kappa shape index (κ2) is 9.88. The van der Waals surface area contributed by atoms with Gasteiger partial charge in [-0.2, -0.15) is 0 Å². The Morgan fingerprint density at radius 3 is 1.85 bits per heavy atom. The Morgan fingerprint density at radius 2 is 1.30 bits per heavy atom. The lowest BCUT2D eigenvalue weighted by Gasteiger charge is -2.18. The summed E-state index contributed by atoms with van der Waals surface area (Å²) in [5.74, 6) is -0.745. The quantitative estimate of drug-likeness (QED) is 0.655. The maximum Gasteiger partial charge on any atom is 0.338 e. The smallest absolute Gasteiger partial charge is 0.338 e. The topological polar surface area (TPSA) is 61.8 Å². The number of esters is 2. The SMILES string of the molecule is Cc1ccccc1C(=O)OCC(C)OCC(C)OC(=O)c1ccccc1C. The molecule has 27 heavy (non-hydrogen) atoms. The largest absolute Gasteiger partial charge is 0.459 e. The lowest BCUT2D eigenvalue weighted by Crippen LogP contribution is -2.26. The number of aryl methyl sites for hydroxylation is 2. The average Bonchev–Trinajstić information content (AvgIpc) is 2.65. The summed E-state index contributed by atoms with van der Waals surface area (Å²) >= 11 is 0. The van der Waals surface area contributed by atoms with E-state index in [0.29, 0.717) is 11.1 Å². The van der Waals surface area contributed by atoms with Crippen molar-refractivity contribution in [2.24, 2.45) is 0 Å². The molecule has 2 rings (SSSR count). The van der Waals surface area contributed by atoms with Gasteiger partial charge >= 0.3 is 11.9 Å². The Hall–Kier alpha value is -2.66. The van der Waals surface area contributed by atoms with Crippen LogP contribution in [0.5, 0.6) is 0 Å². The third kappa shape index (κ3) is 6.22. The van der Waals surface area contributed by atoms with E-state index in [4.69, 9.17) is 14.2 Å². The van der Waals surface area contributed by atoms with Gasteiger partial charge in [-0.15, -0.1) is 0 Å². The normalized spacial score (nSPS) is 12.9. The number of carbonyl (C=O) groups excluding carboxylic acids is 2. The molecule has 0 saturated heterocycles. The molecule has 0 radical (unpaired) electrons. The predicted octanol–water partition coefficient (Wildman–Crippen LogP) is 4.11. The van der Waals surface area contributed by atoms with Crippen LogP contribution >= 0.6 is 0 Å². The van der Waals surface area contributed by atoms with Gasteiger partial charge in [0.05, 0.1) is 23.8 Å². The second-order valence-electron chi connectivity index (χ2n) is 6.59. The maximum atomic E-state index is 12.2. The molecule has 0 aliphatic carbocycles. The summed E-state index contributed by atoms with van der Waals surface area (Å²) in [5.41, 5.74) is 2.83. The second-order valence-corrected chi connectivity index (χ2v) is 6.59. The average molecular weight is 370 g/mol. The molecule has 0 aliphatic rings. The van der Waals surface area contributed by atoms with E-state index in [-0.39, 0.29) is 31.3 Å². The number of benzene rings is 2. The number of hydrogen-bond acceptors (Lipinski definition) is 5. The summed E-state index contributed by atoms with van der Waals surface area (Å²) in [5, 5.41) is 0. The van der Waals surface area contributed by atoms with Gasteiger partial charge in [0.1, 0.15) is 12.7 Å². The van der Waals surface area contributed by atoms with Gasteiger partial charge < -0.3 is 14.2 Å². The van der Waals surface area contributed by atoms with Crippen molar-refractivity contribution in [3.8, 4) is 0 Å². The minimum absolute atomic E-state index is 0.131. The lowest BCUT2D eigenvalue weighted by atomic mass is 10.1. The van der Waals surface area contributed by atoms with Crippen molar-refractivity contribution >= 4 is 11.9 Å². The molecule has 0 saturated carbocycles. The van der Waals surface area contributed by atoms with Crippen molar-refractivity contribution in [3.05, 3.63) is 70.8 Å². The third-order valence-electron chi connectivity index (χ3n) is 4.10. The molecule has 144 valence electrons. The van der Waals surface area contributed by atoms with E-state index in [1.54, 1.807) is 38.1 Å². The van der Waals surface area contributed by atoms with Crippen LogP contribution in [0, 0.1) is 13.8 Å². The zero-order valence-electron chi connectivity index (χ0n) is 16.2. The van der Waals surface area contributed by atoms with Gasteiger partial charge in [-0.05, 0) is 51.0 Å². The summed E-state index contributed by atoms with van der Waals surface area (Å²) in [6, 6.07) is 14.5. The molecule has 2 atom stereocenters. The molecule has 0 amide bonds. The predicted molar refractivity (Wildman–Crippen MR) is 103 cm³/mol. The summed E-state index contributed by atoms with van der Waals surface area (Å²) < 4.78 is 16.3. The van der Waals surface area contributed by atoms with Crippen molar-refractivity contribution in [2.75, 3.05) is 13.2 Å². The van der Waals surface area contributed by atoms with Crippen LogP contribution in [0.4, 0.5) is 0 Å². The summed E-state index contributed by atoms with van der Waals surface area (Å²) in [6.07, 6.45) is -0.718. The van der Waals surface area contributed by atoms with Gasteiger partial charge in [-0.1, -0.05) is 36.4 Å². The molecule has 0 aromatic heterocycles. The molecule has 0 N–H and O–H groups in total. The summed E-state index contributed by atoms with van der Waals surface area (Å²) in [6.45, 7) is 7.65. The van der Waals surface area contributed by atoms with Gasteiger partial charge in [0.15, 0.2) is 0 Å². The Morgan fingerprint density at radius 1 is 0.778 bits per heavy atom. The molecule has 0 aliphatic heterocycles. The minimum atomic E-state index is -0.411. The van der Waals surface area contributed by atoms with Crippen LogP contribution in [0.1, 0.15) is 45.7 Å². The van der Waals surface area contributed by atoms with Gasteiger partial charge in [0.25, 0.3) is 0 Å². The molecule has 2 unspecified atom stereocenters. The van der Waals surface area contributed by atoms with Crippen LogP contribution in [0.15, 0.2) is 48.5 Å². The van der Waals surface area contributed by atoms with Crippen LogP contribution in [0.3, 0.4) is 0 Å². The van der Waals surface area contributed by atoms with Crippen molar-refractivity contribution in [3.63, 3.8) is 0 Å². The zero-order chi connectivity index (χ0) is 19.8. The van der Waals surface area contributed by atoms with E-state index in [2.05, 4.69) is 0 Å². The zero-order valence-corrected chi connectivity index (χ0v) is 16.2. The summed E-state index contributed by atoms with van der Waals surface area (Å²) in [4.78, 5) is 24.3. The fourth-order valence-corrected chi connectivity index (χ4v) is 2.50. The van der Waals surface area contributed by atoms with Crippen molar-refractivity contribution in [1.82, 2.24) is 0 Å². The molecular formula is C22H26O5. The molecule has 0 bridgehead atoms. The number of hydrogen-bond donors (Lipinski definition) is 0. The van der Waals surface area contributed by atoms with E-state index in [1.807, 2.05) is 38.1 Å². The van der Waals surface area contributed by atoms with E-state index in [0.717, 1.165) is 11.1 Å². The first kappa shape index (κ1) is 20.6. The minimum Gasteiger partial charge on any atom is -0.459 e. The van der Waals surface area contributed by atoms with Crippen LogP contribution < -0.4 is 0 Å². The fraction of sp³-hybridized carbons (Fsp3) is 0.364. The number of ether oxygens (including phenoxy) is 3. The fourth-order valence-electron chi connectivity index (χ4n) is 2.50. The van der Waals surface area contributed by atoms with Gasteiger partial charge in [-0.3, -0.25) is 0 Å². The van der Waals surface area contributed by atoms with Crippen molar-refractivity contribution in [2.45, 2.75) is 39.9 Å². The van der Waals surface area contributed by atoms with Gasteiger partial charge in [-0.25, -0.2) is 9.59 Å². The Labute approximate surface area is 160 Å². The highest BCUT2D eigenvalue weighted by Gasteiger charge is 2.16. The van der Waals surface area contributed by atoms with E-state index >= 15 is 0 Å². The third-order valence-corrected chi connectivity index (χ3v) is 4.10. The highest BCUT2D eigenvalue weighted by Crippen LogP contribution is 2.11. The van der Waals surface area contributed by atoms with Crippen molar-refractivity contribution in [1.29, 1.82) is 0 Å². The molecule has 2 aromatic carbocycles. The monoisotopic (exact) mass is 370 g/mol. The standard InChI is InChI=1S/C22H26O5/c1-15-9-5-7-11-19(15)21(23)26-13-17(3)25-14-18(4)27-22(24)20-12-8-6-10-16(20)2/h5-12,17-18H,13-14H2,1-4H3. The number of carbonyl (C=O) groups is 2. The van der Waals surface area contributed by atoms with E-state index in [9.17, 15) is 9.59 Å². The van der Waals surface area contributed by atoms with E-state index in [1.165, 1.54) is 0 Å². The molecule has 2 aromatic rings. The highest BCUT2D eigenvalue weighted by atomic mass is 16.6. The first-order valence-corrected chi connectivity index (χ1v) is 8.99.